The molecular formula is C21H21NO5S. The normalized spacial score (nSPS) is 15.0. The van der Waals surface area contributed by atoms with Crippen LogP contribution in [-0.2, 0) is 19.6 Å². The number of carbonyl (C=O) groups excluding carboxylic acids is 2. The van der Waals surface area contributed by atoms with E-state index >= 15 is 0 Å². The largest absolute Gasteiger partial charge is 0.454 e. The molecule has 28 heavy (non-hydrogen) atoms. The molecule has 3 rings (SSSR count). The van der Waals surface area contributed by atoms with Gasteiger partial charge in [-0.05, 0) is 48.7 Å². The van der Waals surface area contributed by atoms with Crippen molar-refractivity contribution in [3.63, 3.8) is 0 Å². The quantitative estimate of drug-likeness (QED) is 0.406. The third kappa shape index (κ3) is 4.94. The second-order valence-corrected chi connectivity index (χ2v) is 8.35. The Labute approximate surface area is 164 Å². The summed E-state index contributed by atoms with van der Waals surface area (Å²) in [5.41, 5.74) is 1.14. The number of sulfonamides is 1. The van der Waals surface area contributed by atoms with Gasteiger partial charge in [0.05, 0.1) is 4.90 Å². The number of rotatable bonds is 7. The number of esters is 1. The Kier molecular flexibility index (Phi) is 6.38. The first kappa shape index (κ1) is 20.0. The van der Waals surface area contributed by atoms with Crippen LogP contribution in [0, 0.1) is 0 Å². The topological polar surface area (TPSA) is 80.8 Å². The first-order chi connectivity index (χ1) is 13.5. The van der Waals surface area contributed by atoms with E-state index in [1.807, 2.05) is 30.3 Å². The zero-order chi connectivity index (χ0) is 20.0. The van der Waals surface area contributed by atoms with Crippen LogP contribution in [0.4, 0.5) is 0 Å². The summed E-state index contributed by atoms with van der Waals surface area (Å²) in [4.78, 5) is 24.1. The molecule has 0 unspecified atom stereocenters. The molecule has 1 fully saturated rings. The van der Waals surface area contributed by atoms with E-state index in [1.54, 1.807) is 6.08 Å². The fourth-order valence-corrected chi connectivity index (χ4v) is 4.40. The molecule has 0 radical (unpaired) electrons. The van der Waals surface area contributed by atoms with E-state index in [1.165, 1.54) is 34.6 Å². The molecule has 1 heterocycles. The molecule has 0 atom stereocenters. The van der Waals surface area contributed by atoms with Gasteiger partial charge >= 0.3 is 5.97 Å². The Morgan fingerprint density at radius 3 is 2.25 bits per heavy atom. The van der Waals surface area contributed by atoms with Crippen LogP contribution in [0.3, 0.4) is 0 Å². The van der Waals surface area contributed by atoms with E-state index < -0.39 is 28.4 Å². The first-order valence-electron chi connectivity index (χ1n) is 9.00. The third-order valence-corrected chi connectivity index (χ3v) is 6.35. The second kappa shape index (κ2) is 8.95. The molecule has 0 spiro atoms. The summed E-state index contributed by atoms with van der Waals surface area (Å²) in [6.07, 6.45) is 4.58. The predicted molar refractivity (Wildman–Crippen MR) is 105 cm³/mol. The Morgan fingerprint density at radius 1 is 0.964 bits per heavy atom. The van der Waals surface area contributed by atoms with Crippen molar-refractivity contribution < 1.29 is 22.7 Å². The Balaban J connectivity index is 1.56. The van der Waals surface area contributed by atoms with E-state index in [-0.39, 0.29) is 4.90 Å². The number of Topliss-reactive ketones (excluding diaryl/α,β-unsaturated/α-hetero) is 1. The van der Waals surface area contributed by atoms with Gasteiger partial charge < -0.3 is 4.74 Å². The van der Waals surface area contributed by atoms with Crippen molar-refractivity contribution in [1.29, 1.82) is 0 Å². The number of hydrogen-bond acceptors (Lipinski definition) is 5. The molecule has 0 aromatic heterocycles. The van der Waals surface area contributed by atoms with Gasteiger partial charge in [-0.25, -0.2) is 13.2 Å². The maximum Gasteiger partial charge on any atom is 0.331 e. The van der Waals surface area contributed by atoms with E-state index in [0.717, 1.165) is 18.4 Å². The van der Waals surface area contributed by atoms with Crippen LogP contribution in [0.25, 0.3) is 6.08 Å². The van der Waals surface area contributed by atoms with Crippen LogP contribution in [-0.4, -0.2) is 44.2 Å². The van der Waals surface area contributed by atoms with Crippen molar-refractivity contribution in [1.82, 2.24) is 4.31 Å². The molecule has 1 saturated heterocycles. The molecule has 0 amide bonds. The molecule has 1 aliphatic heterocycles. The monoisotopic (exact) mass is 399 g/mol. The molecule has 0 aliphatic carbocycles. The Morgan fingerprint density at radius 2 is 1.61 bits per heavy atom. The lowest BCUT2D eigenvalue weighted by atomic mass is 10.1. The highest BCUT2D eigenvalue weighted by Gasteiger charge is 2.27. The number of hydrogen-bond donors (Lipinski definition) is 0. The van der Waals surface area contributed by atoms with Crippen LogP contribution in [0.2, 0.25) is 0 Å². The lowest BCUT2D eigenvalue weighted by Crippen LogP contribution is -2.27. The summed E-state index contributed by atoms with van der Waals surface area (Å²) >= 11 is 0. The number of benzene rings is 2. The fourth-order valence-electron chi connectivity index (χ4n) is 2.89. The molecule has 0 saturated carbocycles. The highest BCUT2D eigenvalue weighted by molar-refractivity contribution is 7.89. The van der Waals surface area contributed by atoms with Gasteiger partial charge in [-0.3, -0.25) is 4.79 Å². The maximum absolute atomic E-state index is 12.5. The summed E-state index contributed by atoms with van der Waals surface area (Å²) < 4.78 is 31.4. The molecule has 7 heteroatoms. The molecule has 1 aliphatic rings. The molecular weight excluding hydrogens is 378 g/mol. The van der Waals surface area contributed by atoms with Gasteiger partial charge in [0.25, 0.3) is 0 Å². The van der Waals surface area contributed by atoms with Gasteiger partial charge in [0.15, 0.2) is 12.4 Å². The Hall–Kier alpha value is -2.77. The van der Waals surface area contributed by atoms with Gasteiger partial charge in [0.1, 0.15) is 0 Å². The highest BCUT2D eigenvalue weighted by atomic mass is 32.2. The van der Waals surface area contributed by atoms with Crippen molar-refractivity contribution in [3.05, 3.63) is 71.8 Å². The van der Waals surface area contributed by atoms with Crippen molar-refractivity contribution in [2.45, 2.75) is 17.7 Å². The number of ketones is 1. The highest BCUT2D eigenvalue weighted by Crippen LogP contribution is 2.21. The van der Waals surface area contributed by atoms with E-state index in [0.29, 0.717) is 18.7 Å². The molecule has 6 nitrogen and oxygen atoms in total. The molecule has 146 valence electrons. The van der Waals surface area contributed by atoms with Crippen molar-refractivity contribution in [2.24, 2.45) is 0 Å². The van der Waals surface area contributed by atoms with Crippen molar-refractivity contribution in [2.75, 3.05) is 19.7 Å². The van der Waals surface area contributed by atoms with E-state index in [2.05, 4.69) is 0 Å². The molecule has 0 bridgehead atoms. The zero-order valence-electron chi connectivity index (χ0n) is 15.3. The zero-order valence-corrected chi connectivity index (χ0v) is 16.1. The van der Waals surface area contributed by atoms with Gasteiger partial charge in [-0.2, -0.15) is 4.31 Å². The van der Waals surface area contributed by atoms with Gasteiger partial charge in [0.2, 0.25) is 10.0 Å². The molecule has 0 N–H and O–H groups in total. The lowest BCUT2D eigenvalue weighted by molar-refractivity contribution is -0.136. The van der Waals surface area contributed by atoms with Crippen LogP contribution in [0.5, 0.6) is 0 Å². The first-order valence-corrected chi connectivity index (χ1v) is 10.4. The second-order valence-electron chi connectivity index (χ2n) is 6.41. The molecule has 2 aromatic rings. The summed E-state index contributed by atoms with van der Waals surface area (Å²) in [6.45, 7) is 0.640. The van der Waals surface area contributed by atoms with E-state index in [4.69, 9.17) is 4.74 Å². The number of ether oxygens (including phenoxy) is 1. The average Bonchev–Trinajstić information content (AvgIpc) is 3.27. The van der Waals surface area contributed by atoms with Gasteiger partial charge in [-0.1, -0.05) is 30.3 Å². The summed E-state index contributed by atoms with van der Waals surface area (Å²) in [5.74, 6) is -1.02. The summed E-state index contributed by atoms with van der Waals surface area (Å²) in [6, 6.07) is 15.0. The van der Waals surface area contributed by atoms with Crippen LogP contribution >= 0.6 is 0 Å². The van der Waals surface area contributed by atoms with Gasteiger partial charge in [0, 0.05) is 24.7 Å². The number of nitrogens with zero attached hydrogens (tertiary/aromatic N) is 1. The minimum absolute atomic E-state index is 0.161. The minimum Gasteiger partial charge on any atom is -0.454 e. The van der Waals surface area contributed by atoms with E-state index in [9.17, 15) is 18.0 Å². The molecule has 2 aromatic carbocycles. The van der Waals surface area contributed by atoms with Crippen LogP contribution in [0.1, 0.15) is 28.8 Å². The standard InChI is InChI=1S/C21H21NO5S/c23-20(16-27-21(24)13-8-17-6-2-1-3-7-17)18-9-11-19(12-10-18)28(25,26)22-14-4-5-15-22/h1-3,6-13H,4-5,14-16H2/b13-8+. The SMILES string of the molecule is O=C(/C=C/c1ccccc1)OCC(=O)c1ccc(S(=O)(=O)N2CCCC2)cc1. The fraction of sp³-hybridized carbons (Fsp3) is 0.238. The van der Waals surface area contributed by atoms with Crippen molar-refractivity contribution in [3.8, 4) is 0 Å². The lowest BCUT2D eigenvalue weighted by Gasteiger charge is -2.15. The van der Waals surface area contributed by atoms with Gasteiger partial charge in [-0.15, -0.1) is 0 Å². The van der Waals surface area contributed by atoms with Crippen molar-refractivity contribution >= 4 is 27.9 Å². The van der Waals surface area contributed by atoms with Crippen LogP contribution < -0.4 is 0 Å². The minimum atomic E-state index is -3.51. The van der Waals surface area contributed by atoms with Crippen LogP contribution in [0.15, 0.2) is 65.6 Å². The predicted octanol–water partition coefficient (Wildman–Crippen LogP) is 2.91. The smallest absolute Gasteiger partial charge is 0.331 e. The maximum atomic E-state index is 12.5. The summed E-state index contributed by atoms with van der Waals surface area (Å²) in [7, 11) is -3.51. The number of carbonyl (C=O) groups is 2. The summed E-state index contributed by atoms with van der Waals surface area (Å²) in [5, 5.41) is 0. The Bertz CT molecular complexity index is 960. The third-order valence-electron chi connectivity index (χ3n) is 4.44. The average molecular weight is 399 g/mol.